The Bertz CT molecular complexity index is 391. The van der Waals surface area contributed by atoms with Gasteiger partial charge in [0.1, 0.15) is 5.82 Å². The SMILES string of the molecule is COCC1CCN(C(CN)c2ccccc2F)CC1. The highest BCUT2D eigenvalue weighted by Crippen LogP contribution is 2.27. The molecule has 1 aliphatic heterocycles. The molecule has 0 amide bonds. The van der Waals surface area contributed by atoms with Crippen molar-refractivity contribution in [3.63, 3.8) is 0 Å². The number of ether oxygens (including phenoxy) is 1. The fourth-order valence-electron chi connectivity index (χ4n) is 2.89. The molecule has 2 N–H and O–H groups in total. The van der Waals surface area contributed by atoms with Gasteiger partial charge in [-0.2, -0.15) is 0 Å². The van der Waals surface area contributed by atoms with Gasteiger partial charge in [0, 0.05) is 31.9 Å². The smallest absolute Gasteiger partial charge is 0.128 e. The maximum atomic E-state index is 13.9. The van der Waals surface area contributed by atoms with Gasteiger partial charge in [-0.3, -0.25) is 4.90 Å². The summed E-state index contributed by atoms with van der Waals surface area (Å²) in [6, 6.07) is 6.93. The van der Waals surface area contributed by atoms with Crippen LogP contribution in [0.1, 0.15) is 24.4 Å². The minimum Gasteiger partial charge on any atom is -0.384 e. The van der Waals surface area contributed by atoms with Gasteiger partial charge in [0.2, 0.25) is 0 Å². The largest absolute Gasteiger partial charge is 0.384 e. The lowest BCUT2D eigenvalue weighted by atomic mass is 9.94. The average molecular weight is 266 g/mol. The Morgan fingerprint density at radius 2 is 2.05 bits per heavy atom. The number of hydrogen-bond acceptors (Lipinski definition) is 3. The van der Waals surface area contributed by atoms with Crippen molar-refractivity contribution in [3.05, 3.63) is 35.6 Å². The topological polar surface area (TPSA) is 38.5 Å². The van der Waals surface area contributed by atoms with Gasteiger partial charge in [-0.1, -0.05) is 18.2 Å². The summed E-state index contributed by atoms with van der Waals surface area (Å²) in [6.07, 6.45) is 2.19. The third-order valence-corrected chi connectivity index (χ3v) is 3.98. The molecule has 0 bridgehead atoms. The van der Waals surface area contributed by atoms with E-state index in [0.717, 1.165) is 38.1 Å². The van der Waals surface area contributed by atoms with Crippen molar-refractivity contribution in [2.75, 3.05) is 33.4 Å². The van der Waals surface area contributed by atoms with Crippen LogP contribution in [0.15, 0.2) is 24.3 Å². The normalized spacial score (nSPS) is 19.5. The molecule has 0 radical (unpaired) electrons. The second kappa shape index (κ2) is 6.98. The third kappa shape index (κ3) is 3.53. The van der Waals surface area contributed by atoms with E-state index in [4.69, 9.17) is 10.5 Å². The molecular weight excluding hydrogens is 243 g/mol. The van der Waals surface area contributed by atoms with E-state index in [1.54, 1.807) is 13.2 Å². The molecule has 1 fully saturated rings. The van der Waals surface area contributed by atoms with Crippen molar-refractivity contribution < 1.29 is 9.13 Å². The molecule has 0 aromatic heterocycles. The molecule has 0 aliphatic carbocycles. The number of nitrogens with two attached hydrogens (primary N) is 1. The minimum atomic E-state index is -0.156. The standard InChI is InChI=1S/C15H23FN2O/c1-19-11-12-6-8-18(9-7-12)15(10-17)13-4-2-3-5-14(13)16/h2-5,12,15H,6-11,17H2,1H3. The fraction of sp³-hybridized carbons (Fsp3) is 0.600. The zero-order valence-electron chi connectivity index (χ0n) is 11.5. The zero-order chi connectivity index (χ0) is 13.7. The highest BCUT2D eigenvalue weighted by molar-refractivity contribution is 5.21. The zero-order valence-corrected chi connectivity index (χ0v) is 11.5. The molecule has 1 saturated heterocycles. The Labute approximate surface area is 114 Å². The molecule has 0 saturated carbocycles. The van der Waals surface area contributed by atoms with Crippen molar-refractivity contribution in [1.29, 1.82) is 0 Å². The Morgan fingerprint density at radius 3 is 2.63 bits per heavy atom. The van der Waals surface area contributed by atoms with Gasteiger partial charge in [-0.25, -0.2) is 4.39 Å². The number of benzene rings is 1. The average Bonchev–Trinajstić information content (AvgIpc) is 2.44. The Morgan fingerprint density at radius 1 is 1.37 bits per heavy atom. The van der Waals surface area contributed by atoms with Crippen molar-refractivity contribution >= 4 is 0 Å². The number of likely N-dealkylation sites (tertiary alicyclic amines) is 1. The summed E-state index contributed by atoms with van der Waals surface area (Å²) in [6.45, 7) is 3.20. The Balaban J connectivity index is 2.02. The second-order valence-corrected chi connectivity index (χ2v) is 5.21. The number of hydrogen-bond donors (Lipinski definition) is 1. The van der Waals surface area contributed by atoms with Gasteiger partial charge >= 0.3 is 0 Å². The highest BCUT2D eigenvalue weighted by Gasteiger charge is 2.26. The third-order valence-electron chi connectivity index (χ3n) is 3.98. The van der Waals surface area contributed by atoms with E-state index in [2.05, 4.69) is 4.90 Å². The maximum absolute atomic E-state index is 13.9. The molecule has 1 atom stereocenters. The van der Waals surface area contributed by atoms with E-state index in [-0.39, 0.29) is 11.9 Å². The number of methoxy groups -OCH3 is 1. The number of rotatable bonds is 5. The monoisotopic (exact) mass is 266 g/mol. The first-order valence-electron chi connectivity index (χ1n) is 6.93. The van der Waals surface area contributed by atoms with Crippen molar-refractivity contribution in [1.82, 2.24) is 4.90 Å². The van der Waals surface area contributed by atoms with Crippen LogP contribution >= 0.6 is 0 Å². The molecule has 1 aromatic carbocycles. The lowest BCUT2D eigenvalue weighted by molar-refractivity contribution is 0.0802. The van der Waals surface area contributed by atoms with Crippen LogP contribution in [-0.2, 0) is 4.74 Å². The van der Waals surface area contributed by atoms with E-state index in [1.165, 1.54) is 6.07 Å². The number of piperidine rings is 1. The predicted octanol–water partition coefficient (Wildman–Crippen LogP) is 2.18. The molecule has 19 heavy (non-hydrogen) atoms. The summed E-state index contributed by atoms with van der Waals surface area (Å²) in [4.78, 5) is 2.30. The van der Waals surface area contributed by atoms with E-state index in [0.29, 0.717) is 12.5 Å². The van der Waals surface area contributed by atoms with Gasteiger partial charge in [-0.05, 0) is 37.9 Å². The van der Waals surface area contributed by atoms with Crippen LogP contribution in [0.25, 0.3) is 0 Å². The summed E-state index contributed by atoms with van der Waals surface area (Å²) in [5.74, 6) is 0.470. The molecule has 1 aliphatic rings. The van der Waals surface area contributed by atoms with Crippen LogP contribution in [-0.4, -0.2) is 38.3 Å². The van der Waals surface area contributed by atoms with Gasteiger partial charge < -0.3 is 10.5 Å². The predicted molar refractivity (Wildman–Crippen MR) is 74.4 cm³/mol. The summed E-state index contributed by atoms with van der Waals surface area (Å²) in [5.41, 5.74) is 6.58. The van der Waals surface area contributed by atoms with Crippen LogP contribution < -0.4 is 5.73 Å². The molecule has 0 spiro atoms. The molecule has 4 heteroatoms. The van der Waals surface area contributed by atoms with Crippen molar-refractivity contribution in [2.45, 2.75) is 18.9 Å². The number of halogens is 1. The van der Waals surface area contributed by atoms with Gasteiger partial charge in [0.15, 0.2) is 0 Å². The van der Waals surface area contributed by atoms with Crippen LogP contribution in [0.2, 0.25) is 0 Å². The van der Waals surface area contributed by atoms with Gasteiger partial charge in [0.05, 0.1) is 0 Å². The molecule has 1 unspecified atom stereocenters. The molecule has 1 heterocycles. The quantitative estimate of drug-likeness (QED) is 0.888. The molecule has 2 rings (SSSR count). The van der Waals surface area contributed by atoms with Crippen LogP contribution in [0, 0.1) is 11.7 Å². The van der Waals surface area contributed by atoms with Crippen LogP contribution in [0.5, 0.6) is 0 Å². The van der Waals surface area contributed by atoms with Crippen molar-refractivity contribution in [2.24, 2.45) is 11.7 Å². The first-order chi connectivity index (χ1) is 9.26. The minimum absolute atomic E-state index is 0.00954. The molecule has 3 nitrogen and oxygen atoms in total. The van der Waals surface area contributed by atoms with Gasteiger partial charge in [0.25, 0.3) is 0 Å². The Hall–Kier alpha value is -0.970. The number of nitrogens with zero attached hydrogens (tertiary/aromatic N) is 1. The fourth-order valence-corrected chi connectivity index (χ4v) is 2.89. The maximum Gasteiger partial charge on any atom is 0.128 e. The van der Waals surface area contributed by atoms with E-state index >= 15 is 0 Å². The van der Waals surface area contributed by atoms with E-state index < -0.39 is 0 Å². The highest BCUT2D eigenvalue weighted by atomic mass is 19.1. The summed E-state index contributed by atoms with van der Waals surface area (Å²) >= 11 is 0. The summed E-state index contributed by atoms with van der Waals surface area (Å²) in [5, 5.41) is 0. The van der Waals surface area contributed by atoms with E-state index in [1.807, 2.05) is 12.1 Å². The second-order valence-electron chi connectivity index (χ2n) is 5.21. The first-order valence-corrected chi connectivity index (χ1v) is 6.93. The van der Waals surface area contributed by atoms with E-state index in [9.17, 15) is 4.39 Å². The lowest BCUT2D eigenvalue weighted by Crippen LogP contribution is -2.40. The molecule has 106 valence electrons. The van der Waals surface area contributed by atoms with Crippen molar-refractivity contribution in [3.8, 4) is 0 Å². The summed E-state index contributed by atoms with van der Waals surface area (Å²) in [7, 11) is 1.74. The summed E-state index contributed by atoms with van der Waals surface area (Å²) < 4.78 is 19.1. The molecular formula is C15H23FN2O. The first kappa shape index (κ1) is 14.4. The van der Waals surface area contributed by atoms with Gasteiger partial charge in [-0.15, -0.1) is 0 Å². The Kier molecular flexibility index (Phi) is 5.31. The van der Waals surface area contributed by atoms with Crippen LogP contribution in [0.4, 0.5) is 4.39 Å². The molecule has 1 aromatic rings. The lowest BCUT2D eigenvalue weighted by Gasteiger charge is -2.37. The van der Waals surface area contributed by atoms with Crippen LogP contribution in [0.3, 0.4) is 0 Å².